The summed E-state index contributed by atoms with van der Waals surface area (Å²) in [4.78, 5) is 0. The van der Waals surface area contributed by atoms with E-state index in [0.717, 1.165) is 16.7 Å². The summed E-state index contributed by atoms with van der Waals surface area (Å²) in [6, 6.07) is 24.6. The molecule has 4 heteroatoms. The molecule has 0 aliphatic carbocycles. The second-order valence-corrected chi connectivity index (χ2v) is 6.84. The van der Waals surface area contributed by atoms with Gasteiger partial charge in [-0.05, 0) is 41.0 Å². The molecule has 0 aromatic heterocycles. The average Bonchev–Trinajstić information content (AvgIpc) is 2.64. The lowest BCUT2D eigenvalue weighted by Crippen LogP contribution is -2.39. The van der Waals surface area contributed by atoms with Crippen LogP contribution in [-0.2, 0) is 12.1 Å². The first-order valence-corrected chi connectivity index (χ1v) is 8.83. The van der Waals surface area contributed by atoms with Crippen molar-refractivity contribution in [2.45, 2.75) is 12.1 Å². The molecule has 0 aliphatic rings. The van der Waals surface area contributed by atoms with E-state index in [9.17, 15) is 5.11 Å². The monoisotopic (exact) mass is 371 g/mol. The van der Waals surface area contributed by atoms with Gasteiger partial charge in [-0.3, -0.25) is 0 Å². The molecule has 0 aliphatic heterocycles. The van der Waals surface area contributed by atoms with Gasteiger partial charge in [-0.2, -0.15) is 0 Å². The fourth-order valence-corrected chi connectivity index (χ4v) is 3.05. The Bertz CT molecular complexity index is 804. The Balaban J connectivity index is 1.81. The van der Waals surface area contributed by atoms with Crippen LogP contribution in [0.1, 0.15) is 16.7 Å². The number of rotatable bonds is 6. The summed E-state index contributed by atoms with van der Waals surface area (Å²) < 4.78 is 0. The second-order valence-electron chi connectivity index (χ2n) is 5.96. The number of aliphatic hydroxyl groups is 1. The molecule has 2 nitrogen and oxygen atoms in total. The Morgan fingerprint density at radius 2 is 1.24 bits per heavy atom. The van der Waals surface area contributed by atoms with E-state index < -0.39 is 5.60 Å². The molecule has 0 spiro atoms. The van der Waals surface area contributed by atoms with E-state index in [0.29, 0.717) is 23.1 Å². The average molecular weight is 372 g/mol. The van der Waals surface area contributed by atoms with Gasteiger partial charge in [0, 0.05) is 23.1 Å². The predicted molar refractivity (Wildman–Crippen MR) is 104 cm³/mol. The van der Waals surface area contributed by atoms with Crippen LogP contribution in [-0.4, -0.2) is 11.7 Å². The number of nitrogens with one attached hydrogen (secondary N) is 1. The summed E-state index contributed by atoms with van der Waals surface area (Å²) in [5.41, 5.74) is 1.60. The summed E-state index contributed by atoms with van der Waals surface area (Å²) >= 11 is 11.9. The second kappa shape index (κ2) is 8.03. The Hall–Kier alpha value is -1.84. The van der Waals surface area contributed by atoms with Crippen molar-refractivity contribution in [2.75, 3.05) is 6.54 Å². The van der Waals surface area contributed by atoms with E-state index in [1.54, 1.807) is 12.1 Å². The summed E-state index contributed by atoms with van der Waals surface area (Å²) in [6.45, 7) is 1.02. The zero-order chi connectivity index (χ0) is 17.7. The molecule has 2 N–H and O–H groups in total. The first kappa shape index (κ1) is 18.0. The van der Waals surface area contributed by atoms with Crippen molar-refractivity contribution in [3.63, 3.8) is 0 Å². The normalized spacial score (nSPS) is 13.4. The molecule has 1 atom stereocenters. The van der Waals surface area contributed by atoms with Crippen molar-refractivity contribution < 1.29 is 5.11 Å². The molecule has 3 rings (SSSR count). The highest BCUT2D eigenvalue weighted by molar-refractivity contribution is 6.30. The first-order valence-electron chi connectivity index (χ1n) is 8.07. The Morgan fingerprint density at radius 1 is 0.720 bits per heavy atom. The molecule has 3 aromatic carbocycles. The van der Waals surface area contributed by atoms with Crippen LogP contribution in [0.2, 0.25) is 10.0 Å². The van der Waals surface area contributed by atoms with Crippen LogP contribution in [0.25, 0.3) is 0 Å². The highest BCUT2D eigenvalue weighted by Crippen LogP contribution is 2.30. The third-order valence-corrected chi connectivity index (χ3v) is 4.70. The van der Waals surface area contributed by atoms with Gasteiger partial charge in [-0.15, -0.1) is 0 Å². The third kappa shape index (κ3) is 4.42. The largest absolute Gasteiger partial charge is 0.379 e. The van der Waals surface area contributed by atoms with E-state index >= 15 is 0 Å². The summed E-state index contributed by atoms with van der Waals surface area (Å²) in [5.74, 6) is 0. The minimum Gasteiger partial charge on any atom is -0.379 e. The molecule has 0 amide bonds. The van der Waals surface area contributed by atoms with Crippen molar-refractivity contribution >= 4 is 23.2 Å². The zero-order valence-corrected chi connectivity index (χ0v) is 15.1. The number of hydrogen-bond acceptors (Lipinski definition) is 2. The lowest BCUT2D eigenvalue weighted by molar-refractivity contribution is 0.0796. The van der Waals surface area contributed by atoms with E-state index in [1.165, 1.54) is 0 Å². The maximum atomic E-state index is 11.4. The Morgan fingerprint density at radius 3 is 1.84 bits per heavy atom. The Kier molecular flexibility index (Phi) is 5.77. The number of benzene rings is 3. The first-order chi connectivity index (χ1) is 12.1. The van der Waals surface area contributed by atoms with Crippen molar-refractivity contribution in [3.8, 4) is 0 Å². The molecular formula is C21H19Cl2NO. The van der Waals surface area contributed by atoms with Crippen LogP contribution < -0.4 is 5.32 Å². The zero-order valence-electron chi connectivity index (χ0n) is 13.6. The minimum atomic E-state index is -1.14. The predicted octanol–water partition coefficient (Wildman–Crippen LogP) is 5.02. The molecule has 128 valence electrons. The molecule has 0 bridgehead atoms. The smallest absolute Gasteiger partial charge is 0.127 e. The summed E-state index contributed by atoms with van der Waals surface area (Å²) in [5, 5.41) is 16.1. The van der Waals surface area contributed by atoms with Gasteiger partial charge in [0.1, 0.15) is 5.60 Å². The molecule has 0 heterocycles. The topological polar surface area (TPSA) is 32.3 Å². The third-order valence-electron chi connectivity index (χ3n) is 4.20. The SMILES string of the molecule is O[C@@](CNCc1ccc(Cl)cc1)(c1ccccc1)c1ccc(Cl)cc1. The maximum Gasteiger partial charge on any atom is 0.127 e. The van der Waals surface area contributed by atoms with Crippen molar-refractivity contribution in [2.24, 2.45) is 0 Å². The van der Waals surface area contributed by atoms with E-state index in [4.69, 9.17) is 23.2 Å². The van der Waals surface area contributed by atoms with E-state index in [2.05, 4.69) is 5.32 Å². The van der Waals surface area contributed by atoms with Gasteiger partial charge in [0.2, 0.25) is 0 Å². The number of hydrogen-bond donors (Lipinski definition) is 2. The van der Waals surface area contributed by atoms with Crippen LogP contribution in [0.4, 0.5) is 0 Å². The van der Waals surface area contributed by atoms with E-state index in [-0.39, 0.29) is 0 Å². The van der Waals surface area contributed by atoms with Crippen LogP contribution in [0.3, 0.4) is 0 Å². The van der Waals surface area contributed by atoms with Gasteiger partial charge in [-0.1, -0.05) is 77.8 Å². The van der Waals surface area contributed by atoms with Crippen molar-refractivity contribution in [1.29, 1.82) is 0 Å². The van der Waals surface area contributed by atoms with Crippen molar-refractivity contribution in [1.82, 2.24) is 5.32 Å². The molecule has 0 saturated carbocycles. The van der Waals surface area contributed by atoms with Crippen LogP contribution >= 0.6 is 23.2 Å². The van der Waals surface area contributed by atoms with Gasteiger partial charge in [-0.25, -0.2) is 0 Å². The van der Waals surface area contributed by atoms with E-state index in [1.807, 2.05) is 66.7 Å². The minimum absolute atomic E-state index is 0.376. The van der Waals surface area contributed by atoms with Crippen LogP contribution in [0.15, 0.2) is 78.9 Å². The van der Waals surface area contributed by atoms with Gasteiger partial charge >= 0.3 is 0 Å². The highest BCUT2D eigenvalue weighted by Gasteiger charge is 2.31. The summed E-state index contributed by atoms with van der Waals surface area (Å²) in [6.07, 6.45) is 0. The molecule has 25 heavy (non-hydrogen) atoms. The molecule has 0 radical (unpaired) electrons. The van der Waals surface area contributed by atoms with Gasteiger partial charge in [0.25, 0.3) is 0 Å². The molecule has 3 aromatic rings. The van der Waals surface area contributed by atoms with Gasteiger partial charge in [0.15, 0.2) is 0 Å². The van der Waals surface area contributed by atoms with Gasteiger partial charge in [0.05, 0.1) is 0 Å². The highest BCUT2D eigenvalue weighted by atomic mass is 35.5. The fraction of sp³-hybridized carbons (Fsp3) is 0.143. The molecule has 0 fully saturated rings. The molecule has 0 saturated heterocycles. The lowest BCUT2D eigenvalue weighted by atomic mass is 9.86. The maximum absolute atomic E-state index is 11.4. The van der Waals surface area contributed by atoms with Crippen LogP contribution in [0, 0.1) is 0 Å². The summed E-state index contributed by atoms with van der Waals surface area (Å²) in [7, 11) is 0. The number of halogens is 2. The van der Waals surface area contributed by atoms with Crippen molar-refractivity contribution in [3.05, 3.63) is 106 Å². The fourth-order valence-electron chi connectivity index (χ4n) is 2.80. The molecular weight excluding hydrogens is 353 g/mol. The quantitative estimate of drug-likeness (QED) is 0.637. The molecule has 0 unspecified atom stereocenters. The van der Waals surface area contributed by atoms with Crippen LogP contribution in [0.5, 0.6) is 0 Å². The van der Waals surface area contributed by atoms with Gasteiger partial charge < -0.3 is 10.4 Å². The lowest BCUT2D eigenvalue weighted by Gasteiger charge is -2.30. The Labute approximate surface area is 158 Å². The standard InChI is InChI=1S/C21H19Cl2NO/c22-19-10-6-16(7-11-19)14-24-15-21(25,17-4-2-1-3-5-17)18-8-12-20(23)13-9-18/h1-13,24-25H,14-15H2/t21-/m0/s1.